The zero-order valence-electron chi connectivity index (χ0n) is 10.2. The topological polar surface area (TPSA) is 17.8 Å². The van der Waals surface area contributed by atoms with E-state index in [0.29, 0.717) is 10.0 Å². The van der Waals surface area contributed by atoms with Crippen molar-refractivity contribution in [3.05, 3.63) is 28.0 Å². The van der Waals surface area contributed by atoms with Gasteiger partial charge in [-0.2, -0.15) is 0 Å². The monoisotopic (exact) mass is 302 g/mol. The van der Waals surface area contributed by atoms with Gasteiger partial charge in [-0.1, -0.05) is 23.2 Å². The first kappa shape index (κ1) is 12.6. The highest BCUT2D eigenvalue weighted by atomic mass is 35.5. The summed E-state index contributed by atoms with van der Waals surface area (Å²) in [7, 11) is 0. The Labute approximate surface area is 121 Å². The SMILES string of the molecule is CC(Cl)c1nc2cc(Cl)c(Cl)cc2n1C1(C)CC1. The van der Waals surface area contributed by atoms with Crippen LogP contribution < -0.4 is 0 Å². The molecule has 3 rings (SSSR count). The lowest BCUT2D eigenvalue weighted by atomic mass is 10.2. The van der Waals surface area contributed by atoms with Gasteiger partial charge in [0.15, 0.2) is 0 Å². The molecule has 96 valence electrons. The van der Waals surface area contributed by atoms with Gasteiger partial charge in [-0.05, 0) is 38.8 Å². The Morgan fingerprint density at radius 2 is 1.89 bits per heavy atom. The van der Waals surface area contributed by atoms with E-state index in [2.05, 4.69) is 16.5 Å². The number of hydrogen-bond donors (Lipinski definition) is 0. The second-order valence-electron chi connectivity index (χ2n) is 5.17. The fraction of sp³-hybridized carbons (Fsp3) is 0.462. The van der Waals surface area contributed by atoms with Gasteiger partial charge < -0.3 is 4.57 Å². The van der Waals surface area contributed by atoms with Crippen molar-refractivity contribution < 1.29 is 0 Å². The van der Waals surface area contributed by atoms with Crippen molar-refractivity contribution in [3.63, 3.8) is 0 Å². The number of rotatable bonds is 2. The summed E-state index contributed by atoms with van der Waals surface area (Å²) in [5, 5.41) is 0.958. The smallest absolute Gasteiger partial charge is 0.128 e. The number of nitrogens with zero attached hydrogens (tertiary/aromatic N) is 2. The Morgan fingerprint density at radius 3 is 2.44 bits per heavy atom. The molecular weight excluding hydrogens is 291 g/mol. The summed E-state index contributed by atoms with van der Waals surface area (Å²) in [6.45, 7) is 4.16. The van der Waals surface area contributed by atoms with Crippen LogP contribution in [0.4, 0.5) is 0 Å². The second kappa shape index (κ2) is 4.03. The highest BCUT2D eigenvalue weighted by molar-refractivity contribution is 6.42. The van der Waals surface area contributed by atoms with Crippen molar-refractivity contribution in [1.29, 1.82) is 0 Å². The lowest BCUT2D eigenvalue weighted by Crippen LogP contribution is -2.16. The molecule has 18 heavy (non-hydrogen) atoms. The second-order valence-corrected chi connectivity index (χ2v) is 6.64. The third-order valence-electron chi connectivity index (χ3n) is 3.59. The molecule has 1 fully saturated rings. The van der Waals surface area contributed by atoms with Gasteiger partial charge in [0.05, 0.1) is 26.5 Å². The minimum Gasteiger partial charge on any atom is -0.321 e. The molecule has 1 aliphatic carbocycles. The predicted octanol–water partition coefficient (Wildman–Crippen LogP) is 5.15. The fourth-order valence-electron chi connectivity index (χ4n) is 2.33. The molecule has 0 N–H and O–H groups in total. The van der Waals surface area contributed by atoms with E-state index in [4.69, 9.17) is 34.8 Å². The predicted molar refractivity (Wildman–Crippen MR) is 76.9 cm³/mol. The number of halogens is 3. The molecule has 0 aliphatic heterocycles. The molecule has 1 atom stereocenters. The number of fused-ring (bicyclic) bond motifs is 1. The van der Waals surface area contributed by atoms with E-state index < -0.39 is 0 Å². The third kappa shape index (κ3) is 1.82. The summed E-state index contributed by atoms with van der Waals surface area (Å²) in [6.07, 6.45) is 2.30. The van der Waals surface area contributed by atoms with Gasteiger partial charge in [-0.3, -0.25) is 0 Å². The quantitative estimate of drug-likeness (QED) is 0.701. The van der Waals surface area contributed by atoms with E-state index in [-0.39, 0.29) is 10.9 Å². The van der Waals surface area contributed by atoms with Crippen LogP contribution in [0, 0.1) is 0 Å². The van der Waals surface area contributed by atoms with Crippen molar-refractivity contribution in [2.75, 3.05) is 0 Å². The normalized spacial score (nSPS) is 19.2. The van der Waals surface area contributed by atoms with Crippen molar-refractivity contribution in [2.24, 2.45) is 0 Å². The summed E-state index contributed by atoms with van der Waals surface area (Å²) >= 11 is 18.4. The minimum atomic E-state index is -0.132. The molecule has 0 bridgehead atoms. The van der Waals surface area contributed by atoms with Crippen molar-refractivity contribution in [1.82, 2.24) is 9.55 Å². The molecule has 2 nitrogen and oxygen atoms in total. The van der Waals surface area contributed by atoms with Crippen LogP contribution >= 0.6 is 34.8 Å². The summed E-state index contributed by atoms with van der Waals surface area (Å²) < 4.78 is 2.22. The van der Waals surface area contributed by atoms with Gasteiger partial charge in [0.2, 0.25) is 0 Å². The van der Waals surface area contributed by atoms with Gasteiger partial charge >= 0.3 is 0 Å². The van der Waals surface area contributed by atoms with Gasteiger partial charge in [-0.25, -0.2) is 4.98 Å². The molecule has 1 heterocycles. The average molecular weight is 304 g/mol. The molecule has 1 aliphatic rings. The first-order valence-corrected chi connectivity index (χ1v) is 7.13. The molecule has 2 aromatic rings. The lowest BCUT2D eigenvalue weighted by Gasteiger charge is -2.17. The molecule has 1 unspecified atom stereocenters. The van der Waals surface area contributed by atoms with Gasteiger partial charge in [0, 0.05) is 5.54 Å². The number of imidazole rings is 1. The van der Waals surface area contributed by atoms with Crippen LogP contribution in [0.15, 0.2) is 12.1 Å². The maximum absolute atomic E-state index is 6.24. The van der Waals surface area contributed by atoms with Crippen LogP contribution in [0.5, 0.6) is 0 Å². The zero-order chi connectivity index (χ0) is 13.1. The Balaban J connectivity index is 2.35. The van der Waals surface area contributed by atoms with E-state index in [9.17, 15) is 0 Å². The first-order valence-electron chi connectivity index (χ1n) is 5.94. The standard InChI is InChI=1S/C13H13Cl3N2/c1-7(14)12-17-10-5-8(15)9(16)6-11(10)18(12)13(2)3-4-13/h5-7H,3-4H2,1-2H3. The van der Waals surface area contributed by atoms with Crippen LogP contribution in [0.1, 0.15) is 37.9 Å². The number of aromatic nitrogens is 2. The molecule has 1 saturated carbocycles. The molecule has 0 saturated heterocycles. The van der Waals surface area contributed by atoms with E-state index in [1.165, 1.54) is 0 Å². The number of alkyl halides is 1. The van der Waals surface area contributed by atoms with Crippen LogP contribution in [0.2, 0.25) is 10.0 Å². The Morgan fingerprint density at radius 1 is 1.28 bits per heavy atom. The molecule has 0 spiro atoms. The maximum atomic E-state index is 6.24. The van der Waals surface area contributed by atoms with Crippen molar-refractivity contribution in [3.8, 4) is 0 Å². The van der Waals surface area contributed by atoms with Crippen LogP contribution in [-0.2, 0) is 5.54 Å². The largest absolute Gasteiger partial charge is 0.321 e. The number of hydrogen-bond acceptors (Lipinski definition) is 1. The lowest BCUT2D eigenvalue weighted by molar-refractivity contribution is 0.522. The molecule has 5 heteroatoms. The molecule has 1 aromatic heterocycles. The third-order valence-corrected chi connectivity index (χ3v) is 4.51. The molecule has 1 aromatic carbocycles. The van der Waals surface area contributed by atoms with E-state index >= 15 is 0 Å². The van der Waals surface area contributed by atoms with Gasteiger partial charge in [-0.15, -0.1) is 11.6 Å². The van der Waals surface area contributed by atoms with E-state index in [0.717, 1.165) is 29.7 Å². The van der Waals surface area contributed by atoms with Crippen LogP contribution in [-0.4, -0.2) is 9.55 Å². The van der Waals surface area contributed by atoms with Gasteiger partial charge in [0.25, 0.3) is 0 Å². The summed E-state index contributed by atoms with van der Waals surface area (Å²) in [5.41, 5.74) is 2.01. The van der Waals surface area contributed by atoms with Gasteiger partial charge in [0.1, 0.15) is 5.82 Å². The van der Waals surface area contributed by atoms with E-state index in [1.807, 2.05) is 19.1 Å². The highest BCUT2D eigenvalue weighted by Crippen LogP contribution is 2.47. The number of benzene rings is 1. The average Bonchev–Trinajstić information content (AvgIpc) is 2.90. The summed E-state index contributed by atoms with van der Waals surface area (Å²) in [4.78, 5) is 4.61. The fourth-order valence-corrected chi connectivity index (χ4v) is 2.79. The summed E-state index contributed by atoms with van der Waals surface area (Å²) in [5.74, 6) is 0.894. The van der Waals surface area contributed by atoms with E-state index in [1.54, 1.807) is 0 Å². The Bertz CT molecular complexity index is 627. The molecular formula is C13H13Cl3N2. The summed E-state index contributed by atoms with van der Waals surface area (Å²) in [6, 6.07) is 3.70. The van der Waals surface area contributed by atoms with Crippen LogP contribution in [0.3, 0.4) is 0 Å². The first-order chi connectivity index (χ1) is 8.42. The Hall–Kier alpha value is -0.440. The molecule has 0 radical (unpaired) electrons. The maximum Gasteiger partial charge on any atom is 0.128 e. The highest BCUT2D eigenvalue weighted by Gasteiger charge is 2.42. The van der Waals surface area contributed by atoms with Crippen molar-refractivity contribution >= 4 is 45.8 Å². The van der Waals surface area contributed by atoms with Crippen LogP contribution in [0.25, 0.3) is 11.0 Å². The minimum absolute atomic E-state index is 0.129. The molecule has 0 amide bonds. The zero-order valence-corrected chi connectivity index (χ0v) is 12.4. The van der Waals surface area contributed by atoms with Crippen molar-refractivity contribution in [2.45, 2.75) is 37.6 Å². The Kier molecular flexibility index (Phi) is 2.81.